The monoisotopic (exact) mass is 484 g/mol. The van der Waals surface area contributed by atoms with Gasteiger partial charge in [-0.15, -0.1) is 0 Å². The van der Waals surface area contributed by atoms with Gasteiger partial charge in [-0.05, 0) is 45.4 Å². The predicted molar refractivity (Wildman–Crippen MR) is 126 cm³/mol. The van der Waals surface area contributed by atoms with Crippen LogP contribution in [0.4, 0.5) is 5.69 Å². The first kappa shape index (κ1) is 25.7. The first-order chi connectivity index (χ1) is 16.4. The molecule has 1 amide bonds. The van der Waals surface area contributed by atoms with Gasteiger partial charge in [-0.2, -0.15) is 0 Å². The van der Waals surface area contributed by atoms with Crippen LogP contribution >= 0.6 is 0 Å². The second-order valence-corrected chi connectivity index (χ2v) is 8.89. The molecule has 10 heteroatoms. The SMILES string of the molecule is CC(=O)OC(=NCC(=O)OC(C)(C)C)c1c(OC(C)=O)ccc2c1OC1=C(C=CCC1)N2C(C)=O. The van der Waals surface area contributed by atoms with Crippen molar-refractivity contribution in [2.75, 3.05) is 11.4 Å². The van der Waals surface area contributed by atoms with Crippen LogP contribution in [-0.4, -0.2) is 41.9 Å². The lowest BCUT2D eigenvalue weighted by atomic mass is 10.0. The minimum atomic E-state index is -0.745. The van der Waals surface area contributed by atoms with Gasteiger partial charge in [0, 0.05) is 27.2 Å². The summed E-state index contributed by atoms with van der Waals surface area (Å²) in [5.74, 6) is -1.99. The highest BCUT2D eigenvalue weighted by atomic mass is 16.6. The van der Waals surface area contributed by atoms with Crippen molar-refractivity contribution in [3.8, 4) is 11.5 Å². The van der Waals surface area contributed by atoms with Crippen molar-refractivity contribution < 1.29 is 38.1 Å². The van der Waals surface area contributed by atoms with Crippen LogP contribution in [0.1, 0.15) is 59.9 Å². The lowest BCUT2D eigenvalue weighted by Crippen LogP contribution is -2.34. The predicted octanol–water partition coefficient (Wildman–Crippen LogP) is 3.57. The molecular weight excluding hydrogens is 456 g/mol. The molecule has 0 atom stereocenters. The molecule has 0 unspecified atom stereocenters. The largest absolute Gasteiger partial charge is 0.459 e. The number of hydrogen-bond acceptors (Lipinski definition) is 9. The van der Waals surface area contributed by atoms with Gasteiger partial charge in [-0.3, -0.25) is 24.1 Å². The van der Waals surface area contributed by atoms with E-state index in [-0.39, 0.29) is 28.9 Å². The molecule has 0 N–H and O–H groups in total. The van der Waals surface area contributed by atoms with Crippen LogP contribution in [0.5, 0.6) is 11.5 Å². The van der Waals surface area contributed by atoms with Crippen molar-refractivity contribution >= 4 is 35.4 Å². The normalized spacial score (nSPS) is 15.0. The van der Waals surface area contributed by atoms with Crippen LogP contribution in [-0.2, 0) is 28.7 Å². The molecule has 1 aromatic rings. The van der Waals surface area contributed by atoms with Crippen molar-refractivity contribution in [2.45, 2.75) is 60.0 Å². The Morgan fingerprint density at radius 3 is 2.40 bits per heavy atom. The molecular formula is C25H28N2O8. The number of anilines is 1. The minimum Gasteiger partial charge on any atom is -0.459 e. The van der Waals surface area contributed by atoms with Crippen LogP contribution in [0.3, 0.4) is 0 Å². The van der Waals surface area contributed by atoms with E-state index in [1.807, 2.05) is 6.08 Å². The highest BCUT2D eigenvalue weighted by Gasteiger charge is 2.35. The van der Waals surface area contributed by atoms with Gasteiger partial charge in [-0.1, -0.05) is 6.08 Å². The molecule has 1 aliphatic carbocycles. The zero-order valence-electron chi connectivity index (χ0n) is 20.6. The Morgan fingerprint density at radius 1 is 1.09 bits per heavy atom. The number of benzene rings is 1. The van der Waals surface area contributed by atoms with Crippen LogP contribution in [0, 0.1) is 0 Å². The number of carbonyl (C=O) groups excluding carboxylic acids is 4. The van der Waals surface area contributed by atoms with E-state index in [1.54, 1.807) is 32.9 Å². The summed E-state index contributed by atoms with van der Waals surface area (Å²) in [7, 11) is 0. The van der Waals surface area contributed by atoms with Crippen LogP contribution < -0.4 is 14.4 Å². The first-order valence-corrected chi connectivity index (χ1v) is 11.1. The Morgan fingerprint density at radius 2 is 1.80 bits per heavy atom. The van der Waals surface area contributed by atoms with E-state index in [1.165, 1.54) is 31.7 Å². The third-order valence-electron chi connectivity index (χ3n) is 4.70. The number of hydrogen-bond donors (Lipinski definition) is 0. The van der Waals surface area contributed by atoms with E-state index in [0.29, 0.717) is 30.0 Å². The van der Waals surface area contributed by atoms with Gasteiger partial charge in [0.2, 0.25) is 11.8 Å². The van der Waals surface area contributed by atoms with Gasteiger partial charge in [0.25, 0.3) is 0 Å². The van der Waals surface area contributed by atoms with Crippen molar-refractivity contribution in [3.63, 3.8) is 0 Å². The molecule has 0 spiro atoms. The van der Waals surface area contributed by atoms with E-state index in [2.05, 4.69) is 4.99 Å². The van der Waals surface area contributed by atoms with Gasteiger partial charge in [0.15, 0.2) is 5.75 Å². The number of aliphatic imine (C=N–C) groups is 1. The molecule has 1 aromatic carbocycles. The second-order valence-electron chi connectivity index (χ2n) is 8.89. The topological polar surface area (TPSA) is 121 Å². The Balaban J connectivity index is 2.20. The summed E-state index contributed by atoms with van der Waals surface area (Å²) in [6, 6.07) is 3.00. The Labute approximate surface area is 203 Å². The highest BCUT2D eigenvalue weighted by Crippen LogP contribution is 2.46. The maximum Gasteiger partial charge on any atom is 0.328 e. The zero-order chi connectivity index (χ0) is 25.9. The quantitative estimate of drug-likeness (QED) is 0.275. The smallest absolute Gasteiger partial charge is 0.328 e. The Hall–Kier alpha value is -3.95. The highest BCUT2D eigenvalue weighted by molar-refractivity contribution is 6.09. The lowest BCUT2D eigenvalue weighted by molar-refractivity contribution is -0.153. The number of rotatable bonds is 4. The second kappa shape index (κ2) is 10.1. The molecule has 0 bridgehead atoms. The molecule has 1 heterocycles. The number of allylic oxidation sites excluding steroid dienone is 3. The lowest BCUT2D eigenvalue weighted by Gasteiger charge is -2.34. The fourth-order valence-corrected chi connectivity index (χ4v) is 3.61. The third kappa shape index (κ3) is 6.14. The molecule has 0 aromatic heterocycles. The summed E-state index contributed by atoms with van der Waals surface area (Å²) in [6.07, 6.45) is 4.95. The van der Waals surface area contributed by atoms with E-state index < -0.39 is 30.1 Å². The minimum absolute atomic E-state index is 0.0145. The van der Waals surface area contributed by atoms with Gasteiger partial charge in [0.05, 0.1) is 11.4 Å². The number of amides is 1. The third-order valence-corrected chi connectivity index (χ3v) is 4.70. The number of nitrogens with zero attached hydrogens (tertiary/aromatic N) is 2. The molecule has 0 radical (unpaired) electrons. The summed E-state index contributed by atoms with van der Waals surface area (Å²) in [4.78, 5) is 54.3. The number of fused-ring (bicyclic) bond motifs is 1. The zero-order valence-corrected chi connectivity index (χ0v) is 20.6. The number of esters is 3. The fraction of sp³-hybridized carbons (Fsp3) is 0.400. The molecule has 186 valence electrons. The average Bonchev–Trinajstić information content (AvgIpc) is 2.73. The molecule has 0 saturated carbocycles. The molecule has 35 heavy (non-hydrogen) atoms. The van der Waals surface area contributed by atoms with Crippen LogP contribution in [0.2, 0.25) is 0 Å². The Kier molecular flexibility index (Phi) is 7.42. The van der Waals surface area contributed by atoms with E-state index in [0.717, 1.165) is 0 Å². The molecule has 10 nitrogen and oxygen atoms in total. The van der Waals surface area contributed by atoms with Crippen LogP contribution in [0.25, 0.3) is 0 Å². The summed E-state index contributed by atoms with van der Waals surface area (Å²) < 4.78 is 22.1. The number of ether oxygens (including phenoxy) is 4. The Bertz CT molecular complexity index is 1170. The molecule has 2 aliphatic rings. The van der Waals surface area contributed by atoms with Gasteiger partial charge >= 0.3 is 17.9 Å². The van der Waals surface area contributed by atoms with Gasteiger partial charge < -0.3 is 18.9 Å². The van der Waals surface area contributed by atoms with Crippen molar-refractivity contribution in [3.05, 3.63) is 41.3 Å². The standard InChI is InChI=1S/C25H28N2O8/c1-14(28)27-17-9-7-8-10-19(17)34-23-18(27)11-12-20(32-15(2)29)22(23)24(33-16(3)30)26-13-21(31)35-25(4,5)6/h7,9,11-12H,8,10,13H2,1-6H3. The molecule has 0 fully saturated rings. The van der Waals surface area contributed by atoms with E-state index in [4.69, 9.17) is 18.9 Å². The first-order valence-electron chi connectivity index (χ1n) is 11.1. The summed E-state index contributed by atoms with van der Waals surface area (Å²) in [5.41, 5.74) is 0.197. The molecule has 1 aliphatic heterocycles. The van der Waals surface area contributed by atoms with Gasteiger partial charge in [-0.25, -0.2) is 4.99 Å². The van der Waals surface area contributed by atoms with E-state index in [9.17, 15) is 19.2 Å². The average molecular weight is 485 g/mol. The van der Waals surface area contributed by atoms with Crippen molar-refractivity contribution in [1.82, 2.24) is 0 Å². The maximum absolute atomic E-state index is 12.6. The molecule has 3 rings (SSSR count). The number of carbonyl (C=O) groups is 4. The fourth-order valence-electron chi connectivity index (χ4n) is 3.61. The van der Waals surface area contributed by atoms with Crippen LogP contribution in [0.15, 0.2) is 40.7 Å². The summed E-state index contributed by atoms with van der Waals surface area (Å²) >= 11 is 0. The summed E-state index contributed by atoms with van der Waals surface area (Å²) in [5, 5.41) is 0. The molecule has 0 saturated heterocycles. The van der Waals surface area contributed by atoms with Crippen molar-refractivity contribution in [2.24, 2.45) is 4.99 Å². The van der Waals surface area contributed by atoms with E-state index >= 15 is 0 Å². The van der Waals surface area contributed by atoms with Gasteiger partial charge in [0.1, 0.15) is 29.2 Å². The van der Waals surface area contributed by atoms with Crippen molar-refractivity contribution in [1.29, 1.82) is 0 Å². The summed E-state index contributed by atoms with van der Waals surface area (Å²) in [6.45, 7) is 8.44. The maximum atomic E-state index is 12.6.